The third kappa shape index (κ3) is 3.31. The standard InChI is InChI=1S/C12H20N2O5/c1-2-9(15)14-4-3-12(13,10(16)7-5-18-7)11(17)8-6-19-8/h2,7-8,10-11,16-17H,1,3-6,13H2,(H,14,15). The van der Waals surface area contributed by atoms with Gasteiger partial charge >= 0.3 is 0 Å². The molecule has 2 heterocycles. The second-order valence-electron chi connectivity index (χ2n) is 4.99. The van der Waals surface area contributed by atoms with Crippen LogP contribution in [0.15, 0.2) is 12.7 Å². The van der Waals surface area contributed by atoms with Crippen LogP contribution in [0.3, 0.4) is 0 Å². The molecule has 2 aliphatic heterocycles. The quantitative estimate of drug-likeness (QED) is 0.296. The molecule has 2 saturated heterocycles. The Bertz CT molecular complexity index is 336. The first kappa shape index (κ1) is 14.4. The third-order valence-corrected chi connectivity index (χ3v) is 3.57. The molecule has 2 fully saturated rings. The van der Waals surface area contributed by atoms with Crippen molar-refractivity contribution >= 4 is 5.91 Å². The predicted octanol–water partition coefficient (Wildman–Crippen LogP) is -2.10. The van der Waals surface area contributed by atoms with Crippen molar-refractivity contribution in [3.8, 4) is 0 Å². The van der Waals surface area contributed by atoms with Crippen LogP contribution in [0.25, 0.3) is 0 Å². The van der Waals surface area contributed by atoms with Gasteiger partial charge in [0.1, 0.15) is 24.4 Å². The molecule has 0 aromatic heterocycles. The molecule has 4 atom stereocenters. The van der Waals surface area contributed by atoms with Crippen molar-refractivity contribution in [2.75, 3.05) is 19.8 Å². The number of carbonyl (C=O) groups excluding carboxylic acids is 1. The van der Waals surface area contributed by atoms with Crippen molar-refractivity contribution in [2.45, 2.75) is 36.4 Å². The summed E-state index contributed by atoms with van der Waals surface area (Å²) < 4.78 is 10.1. The highest BCUT2D eigenvalue weighted by atomic mass is 16.6. The first-order chi connectivity index (χ1) is 8.99. The fraction of sp³-hybridized carbons (Fsp3) is 0.750. The summed E-state index contributed by atoms with van der Waals surface area (Å²) in [4.78, 5) is 11.1. The van der Waals surface area contributed by atoms with Crippen molar-refractivity contribution < 1.29 is 24.5 Å². The minimum atomic E-state index is -1.27. The number of nitrogens with two attached hydrogens (primary N) is 1. The summed E-state index contributed by atoms with van der Waals surface area (Å²) in [5.74, 6) is -0.323. The van der Waals surface area contributed by atoms with E-state index in [2.05, 4.69) is 11.9 Å². The molecule has 4 unspecified atom stereocenters. The maximum Gasteiger partial charge on any atom is 0.243 e. The van der Waals surface area contributed by atoms with Gasteiger partial charge in [-0.15, -0.1) is 0 Å². The number of rotatable bonds is 8. The van der Waals surface area contributed by atoms with E-state index in [-0.39, 0.29) is 31.1 Å². The van der Waals surface area contributed by atoms with Crippen LogP contribution in [-0.4, -0.2) is 65.8 Å². The summed E-state index contributed by atoms with van der Waals surface area (Å²) in [6.45, 7) is 4.43. The van der Waals surface area contributed by atoms with Gasteiger partial charge in [-0.1, -0.05) is 6.58 Å². The van der Waals surface area contributed by atoms with E-state index in [0.29, 0.717) is 13.2 Å². The zero-order valence-electron chi connectivity index (χ0n) is 10.6. The van der Waals surface area contributed by atoms with Crippen molar-refractivity contribution in [1.29, 1.82) is 0 Å². The van der Waals surface area contributed by atoms with E-state index in [1.807, 2.05) is 0 Å². The van der Waals surface area contributed by atoms with E-state index in [9.17, 15) is 15.0 Å². The van der Waals surface area contributed by atoms with Gasteiger partial charge in [-0.2, -0.15) is 0 Å². The minimum absolute atomic E-state index is 0.217. The van der Waals surface area contributed by atoms with E-state index in [1.165, 1.54) is 0 Å². The Morgan fingerprint density at radius 3 is 2.26 bits per heavy atom. The number of ether oxygens (including phenoxy) is 2. The molecule has 108 valence electrons. The lowest BCUT2D eigenvalue weighted by atomic mass is 9.81. The number of hydrogen-bond acceptors (Lipinski definition) is 6. The second-order valence-corrected chi connectivity index (χ2v) is 4.99. The summed E-state index contributed by atoms with van der Waals surface area (Å²) in [7, 11) is 0. The van der Waals surface area contributed by atoms with Gasteiger partial charge in [0.25, 0.3) is 0 Å². The van der Waals surface area contributed by atoms with Crippen LogP contribution in [0, 0.1) is 0 Å². The Morgan fingerprint density at radius 1 is 1.42 bits per heavy atom. The number of aliphatic hydroxyl groups is 2. The number of nitrogens with one attached hydrogen (secondary N) is 1. The normalized spacial score (nSPS) is 30.9. The minimum Gasteiger partial charge on any atom is -0.388 e. The fourth-order valence-corrected chi connectivity index (χ4v) is 2.11. The molecule has 7 nitrogen and oxygen atoms in total. The van der Waals surface area contributed by atoms with Gasteiger partial charge in [0.05, 0.1) is 18.8 Å². The summed E-state index contributed by atoms with van der Waals surface area (Å²) in [5, 5.41) is 22.9. The summed E-state index contributed by atoms with van der Waals surface area (Å²) >= 11 is 0. The molecular formula is C12H20N2O5. The molecular weight excluding hydrogens is 252 g/mol. The van der Waals surface area contributed by atoms with E-state index in [1.54, 1.807) is 0 Å². The molecule has 0 aromatic rings. The molecule has 19 heavy (non-hydrogen) atoms. The molecule has 0 saturated carbocycles. The Labute approximate surface area is 111 Å². The van der Waals surface area contributed by atoms with Crippen LogP contribution in [0.4, 0.5) is 0 Å². The van der Waals surface area contributed by atoms with Crippen LogP contribution >= 0.6 is 0 Å². The Morgan fingerprint density at radius 2 is 1.89 bits per heavy atom. The van der Waals surface area contributed by atoms with Crippen LogP contribution in [0.2, 0.25) is 0 Å². The Hall–Kier alpha value is -0.990. The first-order valence-corrected chi connectivity index (χ1v) is 6.27. The Balaban J connectivity index is 1.96. The SMILES string of the molecule is C=CC(=O)NCCC(N)(C(O)C1CO1)C(O)C1CO1. The molecule has 2 rings (SSSR count). The largest absolute Gasteiger partial charge is 0.388 e. The third-order valence-electron chi connectivity index (χ3n) is 3.57. The number of epoxide rings is 2. The Kier molecular flexibility index (Phi) is 4.22. The van der Waals surface area contributed by atoms with Crippen molar-refractivity contribution in [2.24, 2.45) is 5.73 Å². The van der Waals surface area contributed by atoms with Crippen LogP contribution in [0.5, 0.6) is 0 Å². The molecule has 0 aliphatic carbocycles. The van der Waals surface area contributed by atoms with Crippen molar-refractivity contribution in [3.05, 3.63) is 12.7 Å². The van der Waals surface area contributed by atoms with E-state index in [0.717, 1.165) is 6.08 Å². The maximum atomic E-state index is 11.1. The molecule has 5 N–H and O–H groups in total. The van der Waals surface area contributed by atoms with Gasteiger partial charge in [-0.25, -0.2) is 0 Å². The molecule has 7 heteroatoms. The number of hydrogen-bond donors (Lipinski definition) is 4. The second kappa shape index (κ2) is 5.56. The molecule has 0 bridgehead atoms. The van der Waals surface area contributed by atoms with E-state index < -0.39 is 17.7 Å². The summed E-state index contributed by atoms with van der Waals surface area (Å²) in [6.07, 6.45) is -1.32. The lowest BCUT2D eigenvalue weighted by Crippen LogP contribution is -2.64. The van der Waals surface area contributed by atoms with Crippen molar-refractivity contribution in [3.63, 3.8) is 0 Å². The molecule has 2 aliphatic rings. The number of amides is 1. The zero-order chi connectivity index (χ0) is 14.0. The van der Waals surface area contributed by atoms with Gasteiger partial charge < -0.3 is 30.7 Å². The van der Waals surface area contributed by atoms with Gasteiger partial charge in [0.2, 0.25) is 5.91 Å². The molecule has 0 aromatic carbocycles. The van der Waals surface area contributed by atoms with Gasteiger partial charge in [0.15, 0.2) is 0 Å². The van der Waals surface area contributed by atoms with Crippen LogP contribution < -0.4 is 11.1 Å². The highest BCUT2D eigenvalue weighted by molar-refractivity contribution is 5.86. The molecule has 0 spiro atoms. The van der Waals surface area contributed by atoms with E-state index >= 15 is 0 Å². The smallest absolute Gasteiger partial charge is 0.243 e. The van der Waals surface area contributed by atoms with E-state index in [4.69, 9.17) is 15.2 Å². The molecule has 0 radical (unpaired) electrons. The number of aliphatic hydroxyl groups excluding tert-OH is 2. The lowest BCUT2D eigenvalue weighted by Gasteiger charge is -2.37. The highest BCUT2D eigenvalue weighted by Crippen LogP contribution is 2.32. The zero-order valence-corrected chi connectivity index (χ0v) is 10.6. The van der Waals surface area contributed by atoms with Crippen molar-refractivity contribution in [1.82, 2.24) is 5.32 Å². The van der Waals surface area contributed by atoms with Gasteiger partial charge in [-0.05, 0) is 12.5 Å². The topological polar surface area (TPSA) is 121 Å². The molecule has 1 amide bonds. The summed E-state index contributed by atoms with van der Waals surface area (Å²) in [5.41, 5.74) is 4.89. The monoisotopic (exact) mass is 272 g/mol. The van der Waals surface area contributed by atoms with Gasteiger partial charge in [0, 0.05) is 6.54 Å². The lowest BCUT2D eigenvalue weighted by molar-refractivity contribution is -0.116. The van der Waals surface area contributed by atoms with Crippen LogP contribution in [0.1, 0.15) is 6.42 Å². The predicted molar refractivity (Wildman–Crippen MR) is 66.2 cm³/mol. The average Bonchev–Trinajstić information content (AvgIpc) is 3.28. The maximum absolute atomic E-state index is 11.1. The highest BCUT2D eigenvalue weighted by Gasteiger charge is 2.53. The van der Waals surface area contributed by atoms with Crippen LogP contribution in [-0.2, 0) is 14.3 Å². The summed E-state index contributed by atoms with van der Waals surface area (Å²) in [6, 6.07) is 0. The fourth-order valence-electron chi connectivity index (χ4n) is 2.11. The number of carbonyl (C=O) groups is 1. The first-order valence-electron chi connectivity index (χ1n) is 6.27. The average molecular weight is 272 g/mol. The van der Waals surface area contributed by atoms with Gasteiger partial charge in [-0.3, -0.25) is 4.79 Å².